The zero-order chi connectivity index (χ0) is 19.8. The summed E-state index contributed by atoms with van der Waals surface area (Å²) >= 11 is 1.52. The SMILES string of the molecule is Cc1ccc(NC(=O)Cc2nc(CN(C)CCOc3ccccc3)cs2)cc1. The Kier molecular flexibility index (Phi) is 7.17. The summed E-state index contributed by atoms with van der Waals surface area (Å²) in [5.41, 5.74) is 2.96. The Labute approximate surface area is 170 Å². The van der Waals surface area contributed by atoms with Gasteiger partial charge in [0.15, 0.2) is 0 Å². The van der Waals surface area contributed by atoms with Crippen LogP contribution in [0, 0.1) is 6.92 Å². The van der Waals surface area contributed by atoms with E-state index < -0.39 is 0 Å². The summed E-state index contributed by atoms with van der Waals surface area (Å²) in [6.07, 6.45) is 0.291. The number of carbonyl (C=O) groups is 1. The van der Waals surface area contributed by atoms with Gasteiger partial charge in [0, 0.05) is 24.2 Å². The van der Waals surface area contributed by atoms with E-state index in [-0.39, 0.29) is 5.91 Å². The van der Waals surface area contributed by atoms with Crippen LogP contribution in [0.4, 0.5) is 5.69 Å². The third-order valence-electron chi connectivity index (χ3n) is 4.16. The highest BCUT2D eigenvalue weighted by atomic mass is 32.1. The molecule has 3 aromatic rings. The first-order chi connectivity index (χ1) is 13.6. The summed E-state index contributed by atoms with van der Waals surface area (Å²) < 4.78 is 5.72. The van der Waals surface area contributed by atoms with Crippen LogP contribution in [0.3, 0.4) is 0 Å². The Morgan fingerprint density at radius 2 is 1.89 bits per heavy atom. The molecule has 28 heavy (non-hydrogen) atoms. The fourth-order valence-electron chi connectivity index (χ4n) is 2.67. The minimum Gasteiger partial charge on any atom is -0.492 e. The Hall–Kier alpha value is -2.70. The lowest BCUT2D eigenvalue weighted by atomic mass is 10.2. The van der Waals surface area contributed by atoms with Crippen molar-refractivity contribution < 1.29 is 9.53 Å². The van der Waals surface area contributed by atoms with Gasteiger partial charge in [-0.05, 0) is 38.2 Å². The van der Waals surface area contributed by atoms with Gasteiger partial charge in [-0.3, -0.25) is 9.69 Å². The number of nitrogens with one attached hydrogen (secondary N) is 1. The summed E-state index contributed by atoms with van der Waals surface area (Å²) in [6.45, 7) is 4.17. The largest absolute Gasteiger partial charge is 0.492 e. The number of aryl methyl sites for hydroxylation is 1. The van der Waals surface area contributed by atoms with Crippen LogP contribution in [0.25, 0.3) is 0 Å². The number of anilines is 1. The average Bonchev–Trinajstić information content (AvgIpc) is 3.11. The highest BCUT2D eigenvalue weighted by Crippen LogP contribution is 2.14. The molecule has 0 aliphatic carbocycles. The predicted octanol–water partition coefficient (Wildman–Crippen LogP) is 4.14. The maximum atomic E-state index is 12.2. The molecule has 0 saturated heterocycles. The number of rotatable bonds is 9. The molecule has 146 valence electrons. The molecular formula is C22H25N3O2S. The van der Waals surface area contributed by atoms with E-state index >= 15 is 0 Å². The van der Waals surface area contributed by atoms with Crippen LogP contribution in [0.2, 0.25) is 0 Å². The Morgan fingerprint density at radius 3 is 2.64 bits per heavy atom. The van der Waals surface area contributed by atoms with E-state index in [4.69, 9.17) is 4.74 Å². The van der Waals surface area contributed by atoms with E-state index in [1.54, 1.807) is 0 Å². The molecule has 1 amide bonds. The highest BCUT2D eigenvalue weighted by Gasteiger charge is 2.10. The molecule has 1 N–H and O–H groups in total. The molecule has 1 aromatic heterocycles. The number of carbonyl (C=O) groups excluding carboxylic acids is 1. The van der Waals surface area contributed by atoms with Gasteiger partial charge in [0.2, 0.25) is 5.91 Å². The van der Waals surface area contributed by atoms with Crippen LogP contribution in [-0.4, -0.2) is 36.0 Å². The first-order valence-corrected chi connectivity index (χ1v) is 10.1. The van der Waals surface area contributed by atoms with Crippen LogP contribution in [0.15, 0.2) is 60.0 Å². The lowest BCUT2D eigenvalue weighted by molar-refractivity contribution is -0.115. The summed E-state index contributed by atoms with van der Waals surface area (Å²) in [6, 6.07) is 17.6. The van der Waals surface area contributed by atoms with Crippen LogP contribution in [0.5, 0.6) is 5.75 Å². The summed E-state index contributed by atoms with van der Waals surface area (Å²) in [5, 5.41) is 5.76. The van der Waals surface area contributed by atoms with Crippen molar-refractivity contribution in [3.63, 3.8) is 0 Å². The number of ether oxygens (including phenoxy) is 1. The van der Waals surface area contributed by atoms with E-state index in [0.29, 0.717) is 13.0 Å². The zero-order valence-electron chi connectivity index (χ0n) is 16.2. The number of likely N-dealkylation sites (N-methyl/N-ethyl adjacent to an activating group) is 1. The fraction of sp³-hybridized carbons (Fsp3) is 0.273. The van der Waals surface area contributed by atoms with Gasteiger partial charge in [0.05, 0.1) is 12.1 Å². The first kappa shape index (κ1) is 20.0. The highest BCUT2D eigenvalue weighted by molar-refractivity contribution is 7.09. The zero-order valence-corrected chi connectivity index (χ0v) is 17.0. The fourth-order valence-corrected chi connectivity index (χ4v) is 3.46. The third-order valence-corrected chi connectivity index (χ3v) is 5.06. The monoisotopic (exact) mass is 395 g/mol. The molecule has 1 heterocycles. The number of aromatic nitrogens is 1. The van der Waals surface area contributed by atoms with E-state index in [0.717, 1.165) is 35.2 Å². The summed E-state index contributed by atoms with van der Waals surface area (Å²) in [4.78, 5) is 19.0. The van der Waals surface area contributed by atoms with Crippen LogP contribution in [0.1, 0.15) is 16.3 Å². The second-order valence-electron chi connectivity index (χ2n) is 6.72. The number of nitrogens with zero attached hydrogens (tertiary/aromatic N) is 2. The maximum Gasteiger partial charge on any atom is 0.231 e. The molecular weight excluding hydrogens is 370 g/mol. The van der Waals surface area contributed by atoms with E-state index in [1.165, 1.54) is 16.9 Å². The predicted molar refractivity (Wildman–Crippen MR) is 114 cm³/mol. The normalized spacial score (nSPS) is 10.8. The molecule has 0 fully saturated rings. The van der Waals surface area contributed by atoms with Crippen molar-refractivity contribution in [3.8, 4) is 5.75 Å². The van der Waals surface area contributed by atoms with E-state index in [9.17, 15) is 4.79 Å². The van der Waals surface area contributed by atoms with Gasteiger partial charge in [-0.1, -0.05) is 35.9 Å². The maximum absolute atomic E-state index is 12.2. The molecule has 5 nitrogen and oxygen atoms in total. The molecule has 6 heteroatoms. The second-order valence-corrected chi connectivity index (χ2v) is 7.67. The van der Waals surface area contributed by atoms with Gasteiger partial charge in [-0.25, -0.2) is 4.98 Å². The minimum atomic E-state index is -0.0469. The number of benzene rings is 2. The number of hydrogen-bond acceptors (Lipinski definition) is 5. The number of amides is 1. The molecule has 0 radical (unpaired) electrons. The molecule has 0 atom stereocenters. The van der Waals surface area contributed by atoms with Gasteiger partial charge in [0.1, 0.15) is 17.4 Å². The minimum absolute atomic E-state index is 0.0469. The van der Waals surface area contributed by atoms with Crippen molar-refractivity contribution in [1.82, 2.24) is 9.88 Å². The molecule has 0 aliphatic rings. The van der Waals surface area contributed by atoms with Gasteiger partial charge in [-0.15, -0.1) is 11.3 Å². The number of para-hydroxylation sites is 1. The van der Waals surface area contributed by atoms with Crippen molar-refractivity contribution in [2.45, 2.75) is 19.9 Å². The van der Waals surface area contributed by atoms with Gasteiger partial charge in [0.25, 0.3) is 0 Å². The van der Waals surface area contributed by atoms with Crippen LogP contribution < -0.4 is 10.1 Å². The van der Waals surface area contributed by atoms with Crippen LogP contribution >= 0.6 is 11.3 Å². The second kappa shape index (κ2) is 10.0. The number of hydrogen-bond donors (Lipinski definition) is 1. The Bertz CT molecular complexity index is 878. The lowest BCUT2D eigenvalue weighted by Gasteiger charge is -2.15. The third kappa shape index (κ3) is 6.48. The van der Waals surface area contributed by atoms with Crippen molar-refractivity contribution in [1.29, 1.82) is 0 Å². The molecule has 0 bridgehead atoms. The van der Waals surface area contributed by atoms with Gasteiger partial charge < -0.3 is 10.1 Å². The molecule has 2 aromatic carbocycles. The smallest absolute Gasteiger partial charge is 0.231 e. The van der Waals surface area contributed by atoms with E-state index in [1.807, 2.05) is 73.9 Å². The van der Waals surface area contributed by atoms with Crippen molar-refractivity contribution in [2.24, 2.45) is 0 Å². The van der Waals surface area contributed by atoms with Gasteiger partial charge in [-0.2, -0.15) is 0 Å². The Morgan fingerprint density at radius 1 is 1.14 bits per heavy atom. The van der Waals surface area contributed by atoms with E-state index in [2.05, 4.69) is 15.2 Å². The number of thiazole rings is 1. The standard InChI is InChI=1S/C22H25N3O2S/c1-17-8-10-18(11-9-17)23-21(26)14-22-24-19(16-28-22)15-25(2)12-13-27-20-6-4-3-5-7-20/h3-11,16H,12-15H2,1-2H3,(H,23,26). The van der Waals surface area contributed by atoms with Crippen molar-refractivity contribution in [3.05, 3.63) is 76.2 Å². The van der Waals surface area contributed by atoms with Crippen molar-refractivity contribution in [2.75, 3.05) is 25.5 Å². The molecule has 0 spiro atoms. The first-order valence-electron chi connectivity index (χ1n) is 9.25. The topological polar surface area (TPSA) is 54.5 Å². The summed E-state index contributed by atoms with van der Waals surface area (Å²) in [5.74, 6) is 0.834. The van der Waals surface area contributed by atoms with Crippen LogP contribution in [-0.2, 0) is 17.8 Å². The molecule has 0 aliphatic heterocycles. The van der Waals surface area contributed by atoms with Gasteiger partial charge >= 0.3 is 0 Å². The average molecular weight is 396 g/mol. The molecule has 0 saturated carbocycles. The molecule has 0 unspecified atom stereocenters. The quantitative estimate of drug-likeness (QED) is 0.592. The van der Waals surface area contributed by atoms with Crippen molar-refractivity contribution >= 4 is 22.9 Å². The Balaban J connectivity index is 1.41. The summed E-state index contributed by atoms with van der Waals surface area (Å²) in [7, 11) is 2.04. The lowest BCUT2D eigenvalue weighted by Crippen LogP contribution is -2.24. The molecule has 3 rings (SSSR count).